The highest BCUT2D eigenvalue weighted by Gasteiger charge is 2.08. The molecule has 0 saturated heterocycles. The maximum absolute atomic E-state index is 5.45. The van der Waals surface area contributed by atoms with Gasteiger partial charge in [0.05, 0.1) is 18.0 Å². The van der Waals surface area contributed by atoms with Crippen molar-refractivity contribution in [2.75, 3.05) is 6.54 Å². The average Bonchev–Trinajstić information content (AvgIpc) is 2.85. The Morgan fingerprint density at radius 1 is 1.56 bits per heavy atom. The van der Waals surface area contributed by atoms with Crippen molar-refractivity contribution in [3.05, 3.63) is 17.5 Å². The normalized spacial score (nSPS) is 10.9. The second kappa shape index (κ2) is 5.08. The molecular weight excluding hydrogens is 228 g/mol. The lowest BCUT2D eigenvalue weighted by atomic mass is 10.4. The zero-order chi connectivity index (χ0) is 11.4. The summed E-state index contributed by atoms with van der Waals surface area (Å²) in [7, 11) is 0. The molecule has 0 fully saturated rings. The molecule has 0 spiro atoms. The number of nitrogens with zero attached hydrogens (tertiary/aromatic N) is 5. The minimum Gasteiger partial charge on any atom is -0.360 e. The molecule has 2 aromatic heterocycles. The number of hydrogen-bond acceptors (Lipinski definition) is 7. The van der Waals surface area contributed by atoms with Gasteiger partial charge in [-0.15, -0.1) is 5.10 Å². The Hall–Kier alpha value is -1.41. The molecule has 8 heteroatoms. The van der Waals surface area contributed by atoms with Crippen LogP contribution in [0.25, 0.3) is 0 Å². The fourth-order valence-corrected chi connectivity index (χ4v) is 1.96. The molecule has 0 aliphatic rings. The first-order valence-electron chi connectivity index (χ1n) is 4.81. The lowest BCUT2D eigenvalue weighted by Gasteiger charge is -1.99. The smallest absolute Gasteiger partial charge is 0.209 e. The van der Waals surface area contributed by atoms with E-state index in [9.17, 15) is 0 Å². The van der Waals surface area contributed by atoms with Gasteiger partial charge in [0.2, 0.25) is 5.16 Å². The number of aromatic nitrogens is 5. The third kappa shape index (κ3) is 2.58. The molecule has 86 valence electrons. The summed E-state index contributed by atoms with van der Waals surface area (Å²) in [4.78, 5) is 0. The molecule has 0 saturated carbocycles. The van der Waals surface area contributed by atoms with Gasteiger partial charge in [-0.05, 0) is 17.4 Å². The molecule has 0 aliphatic carbocycles. The largest absolute Gasteiger partial charge is 0.360 e. The molecule has 0 aromatic carbocycles. The van der Waals surface area contributed by atoms with E-state index >= 15 is 0 Å². The van der Waals surface area contributed by atoms with Gasteiger partial charge < -0.3 is 10.3 Å². The molecule has 0 atom stereocenters. The zero-order valence-electron chi connectivity index (χ0n) is 8.83. The van der Waals surface area contributed by atoms with Crippen LogP contribution in [0.1, 0.15) is 11.5 Å². The summed E-state index contributed by atoms with van der Waals surface area (Å²) in [6.07, 6.45) is 0. The van der Waals surface area contributed by atoms with Gasteiger partial charge in [0.15, 0.2) is 0 Å². The van der Waals surface area contributed by atoms with E-state index in [1.54, 1.807) is 4.68 Å². The lowest BCUT2D eigenvalue weighted by Crippen LogP contribution is -2.12. The van der Waals surface area contributed by atoms with Crippen LogP contribution >= 0.6 is 11.8 Å². The van der Waals surface area contributed by atoms with Crippen LogP contribution in [-0.2, 0) is 12.3 Å². The number of thioether (sulfide) groups is 1. The van der Waals surface area contributed by atoms with Crippen molar-refractivity contribution in [3.8, 4) is 0 Å². The Morgan fingerprint density at radius 2 is 2.44 bits per heavy atom. The Balaban J connectivity index is 1.96. The van der Waals surface area contributed by atoms with E-state index in [0.29, 0.717) is 18.8 Å². The Bertz CT molecular complexity index is 453. The molecule has 7 nitrogen and oxygen atoms in total. The van der Waals surface area contributed by atoms with Gasteiger partial charge in [-0.3, -0.25) is 0 Å². The molecule has 2 heterocycles. The highest BCUT2D eigenvalue weighted by molar-refractivity contribution is 7.98. The van der Waals surface area contributed by atoms with Gasteiger partial charge >= 0.3 is 0 Å². The molecule has 0 aliphatic heterocycles. The molecular formula is C8H12N6OS. The van der Waals surface area contributed by atoms with Gasteiger partial charge in [0.25, 0.3) is 0 Å². The lowest BCUT2D eigenvalue weighted by molar-refractivity contribution is 0.391. The highest BCUT2D eigenvalue weighted by Crippen LogP contribution is 2.19. The van der Waals surface area contributed by atoms with Crippen LogP contribution < -0.4 is 5.73 Å². The molecule has 2 N–H and O–H groups in total. The Kier molecular flexibility index (Phi) is 3.52. The maximum Gasteiger partial charge on any atom is 0.209 e. The van der Waals surface area contributed by atoms with Gasteiger partial charge in [-0.2, -0.15) is 0 Å². The standard InChI is InChI=1S/C8H12N6OS/c1-6-4-7(15-11-6)5-16-8-10-12-13-14(8)3-2-9/h4H,2-3,5,9H2,1H3. The van der Waals surface area contributed by atoms with Crippen LogP contribution in [0.2, 0.25) is 0 Å². The quantitative estimate of drug-likeness (QED) is 0.747. The summed E-state index contributed by atoms with van der Waals surface area (Å²) >= 11 is 1.50. The third-order valence-electron chi connectivity index (χ3n) is 1.86. The first-order valence-corrected chi connectivity index (χ1v) is 5.79. The number of nitrogens with two attached hydrogens (primary N) is 1. The summed E-state index contributed by atoms with van der Waals surface area (Å²) < 4.78 is 6.76. The predicted octanol–water partition coefficient (Wildman–Crippen LogP) is 0.221. The van der Waals surface area contributed by atoms with Crippen molar-refractivity contribution in [1.82, 2.24) is 25.4 Å². The van der Waals surface area contributed by atoms with E-state index < -0.39 is 0 Å². The monoisotopic (exact) mass is 240 g/mol. The van der Waals surface area contributed by atoms with Gasteiger partial charge in [-0.1, -0.05) is 16.9 Å². The number of aryl methyl sites for hydroxylation is 1. The summed E-state index contributed by atoms with van der Waals surface area (Å²) in [5, 5.41) is 15.9. The summed E-state index contributed by atoms with van der Waals surface area (Å²) in [6.45, 7) is 3.01. The van der Waals surface area contributed by atoms with Crippen LogP contribution in [0, 0.1) is 6.92 Å². The van der Waals surface area contributed by atoms with Crippen molar-refractivity contribution in [1.29, 1.82) is 0 Å². The maximum atomic E-state index is 5.45. The second-order valence-electron chi connectivity index (χ2n) is 3.20. The predicted molar refractivity (Wildman–Crippen MR) is 57.7 cm³/mol. The minimum absolute atomic E-state index is 0.514. The number of rotatable bonds is 5. The highest BCUT2D eigenvalue weighted by atomic mass is 32.2. The van der Waals surface area contributed by atoms with Crippen LogP contribution in [0.15, 0.2) is 15.7 Å². The number of hydrogen-bond donors (Lipinski definition) is 1. The van der Waals surface area contributed by atoms with Gasteiger partial charge in [-0.25, -0.2) is 4.68 Å². The van der Waals surface area contributed by atoms with Crippen molar-refractivity contribution >= 4 is 11.8 Å². The van der Waals surface area contributed by atoms with Crippen molar-refractivity contribution in [2.24, 2.45) is 5.73 Å². The van der Waals surface area contributed by atoms with E-state index in [2.05, 4.69) is 20.7 Å². The zero-order valence-corrected chi connectivity index (χ0v) is 9.65. The van der Waals surface area contributed by atoms with E-state index in [1.165, 1.54) is 11.8 Å². The second-order valence-corrected chi connectivity index (χ2v) is 4.14. The van der Waals surface area contributed by atoms with E-state index in [0.717, 1.165) is 16.6 Å². The van der Waals surface area contributed by atoms with Crippen molar-refractivity contribution in [3.63, 3.8) is 0 Å². The molecule has 0 unspecified atom stereocenters. The first-order chi connectivity index (χ1) is 7.79. The Labute approximate surface area is 96.4 Å². The Morgan fingerprint density at radius 3 is 3.12 bits per heavy atom. The molecule has 2 aromatic rings. The van der Waals surface area contributed by atoms with Crippen LogP contribution in [0.5, 0.6) is 0 Å². The van der Waals surface area contributed by atoms with Crippen molar-refractivity contribution < 1.29 is 4.52 Å². The van der Waals surface area contributed by atoms with E-state index in [-0.39, 0.29) is 0 Å². The summed E-state index contributed by atoms with van der Waals surface area (Å²) in [6, 6.07) is 1.89. The van der Waals surface area contributed by atoms with Crippen LogP contribution in [0.3, 0.4) is 0 Å². The molecule has 16 heavy (non-hydrogen) atoms. The third-order valence-corrected chi connectivity index (χ3v) is 2.84. The fraction of sp³-hybridized carbons (Fsp3) is 0.500. The number of tetrazole rings is 1. The SMILES string of the molecule is Cc1cc(CSc2nnnn2CCN)on1. The van der Waals surface area contributed by atoms with Gasteiger partial charge in [0, 0.05) is 12.6 Å². The first kappa shape index (κ1) is 11.1. The summed E-state index contributed by atoms with van der Waals surface area (Å²) in [5.74, 6) is 1.47. The fourth-order valence-electron chi connectivity index (χ4n) is 1.18. The van der Waals surface area contributed by atoms with E-state index in [1.807, 2.05) is 13.0 Å². The molecule has 0 bridgehead atoms. The van der Waals surface area contributed by atoms with Crippen molar-refractivity contribution in [2.45, 2.75) is 24.4 Å². The van der Waals surface area contributed by atoms with Crippen LogP contribution in [0.4, 0.5) is 0 Å². The average molecular weight is 240 g/mol. The minimum atomic E-state index is 0.514. The summed E-state index contributed by atoms with van der Waals surface area (Å²) in [5.41, 5.74) is 6.32. The topological polar surface area (TPSA) is 95.7 Å². The molecule has 0 amide bonds. The molecule has 2 rings (SSSR count). The van der Waals surface area contributed by atoms with Gasteiger partial charge in [0.1, 0.15) is 5.76 Å². The molecule has 0 radical (unpaired) electrons. The van der Waals surface area contributed by atoms with E-state index in [4.69, 9.17) is 10.3 Å². The van der Waals surface area contributed by atoms with Crippen LogP contribution in [-0.4, -0.2) is 31.9 Å².